The summed E-state index contributed by atoms with van der Waals surface area (Å²) >= 11 is 0. The first-order valence-electron chi connectivity index (χ1n) is 23.8. The van der Waals surface area contributed by atoms with Crippen LogP contribution in [0.1, 0.15) is 194 Å². The summed E-state index contributed by atoms with van der Waals surface area (Å²) in [5, 5.41) is 0. The van der Waals surface area contributed by atoms with E-state index in [0.29, 0.717) is 39.3 Å². The van der Waals surface area contributed by atoms with Crippen LogP contribution in [0.3, 0.4) is 0 Å². The number of unbranched alkanes of at least 4 members (excludes halogenated alkanes) is 18. The van der Waals surface area contributed by atoms with Crippen molar-refractivity contribution in [3.05, 3.63) is 48.6 Å². The van der Waals surface area contributed by atoms with E-state index in [-0.39, 0.29) is 37.4 Å². The summed E-state index contributed by atoms with van der Waals surface area (Å²) in [5.41, 5.74) is 0. The predicted octanol–water partition coefficient (Wildman–Crippen LogP) is 12.7. The molecule has 0 aromatic carbocycles. The molecule has 0 aromatic heterocycles. The van der Waals surface area contributed by atoms with Crippen LogP contribution in [0.5, 0.6) is 0 Å². The van der Waals surface area contributed by atoms with E-state index in [1.165, 1.54) is 89.9 Å². The Morgan fingerprint density at radius 2 is 0.741 bits per heavy atom. The highest BCUT2D eigenvalue weighted by Crippen LogP contribution is 2.11. The molecule has 0 rings (SSSR count). The predicted molar refractivity (Wildman–Crippen MR) is 245 cm³/mol. The Bertz CT molecular complexity index is 987. The monoisotopic (exact) mass is 815 g/mol. The first-order chi connectivity index (χ1) is 28.4. The molecule has 0 aromatic rings. The number of ether oxygens (including phenoxy) is 3. The number of esters is 3. The van der Waals surface area contributed by atoms with Crippen molar-refractivity contribution in [3.63, 3.8) is 0 Å². The fourth-order valence-corrected chi connectivity index (χ4v) is 6.43. The maximum Gasteiger partial charge on any atom is 0.307 e. The highest BCUT2D eigenvalue weighted by molar-refractivity contribution is 5.70. The van der Waals surface area contributed by atoms with Gasteiger partial charge in [-0.1, -0.05) is 140 Å². The highest BCUT2D eigenvalue weighted by atomic mass is 16.5. The zero-order valence-corrected chi connectivity index (χ0v) is 38.2. The standard InChI is InChI=1S/C50H90N2O6/c1-5-7-9-11-13-15-17-19-21-23-25-27-29-31-33-35-45-56-49(54)39-42-52(44-47-58-48(53)38-37-41-51(3)4)43-40-50(55)57-46-36-34-32-30-28-26-24-22-20-18-16-14-12-10-8-6-2/h13-16,19-22H,5-12,17-18,23-47H2,1-4H3/b15-13-,16-14-,21-19-,22-20-. The molecule has 8 nitrogen and oxygen atoms in total. The minimum atomic E-state index is -0.228. The third kappa shape index (κ3) is 44.4. The van der Waals surface area contributed by atoms with Gasteiger partial charge in [0.1, 0.15) is 6.61 Å². The Balaban J connectivity index is 4.20. The van der Waals surface area contributed by atoms with E-state index < -0.39 is 0 Å². The van der Waals surface area contributed by atoms with Gasteiger partial charge in [0.2, 0.25) is 0 Å². The average Bonchev–Trinajstić information content (AvgIpc) is 3.20. The Morgan fingerprint density at radius 1 is 0.379 bits per heavy atom. The number of nitrogens with zero attached hydrogens (tertiary/aromatic N) is 2. The second kappa shape index (κ2) is 45.4. The summed E-state index contributed by atoms with van der Waals surface area (Å²) in [7, 11) is 3.96. The van der Waals surface area contributed by atoms with Crippen molar-refractivity contribution in [3.8, 4) is 0 Å². The van der Waals surface area contributed by atoms with Crippen molar-refractivity contribution < 1.29 is 28.6 Å². The van der Waals surface area contributed by atoms with Gasteiger partial charge in [0.25, 0.3) is 0 Å². The SMILES string of the molecule is CCCCC/C=C\C/C=C\CCCCCCCCOC(=O)CCN(CCOC(=O)CCCN(C)C)CCC(=O)OCCCCCCCC/C=C\C/C=C\CCCCC. The molecular formula is C50H90N2O6. The number of hydrogen-bond donors (Lipinski definition) is 0. The van der Waals surface area contributed by atoms with E-state index in [0.717, 1.165) is 77.2 Å². The maximum atomic E-state index is 12.5. The Morgan fingerprint density at radius 3 is 1.16 bits per heavy atom. The molecule has 0 aliphatic rings. The van der Waals surface area contributed by atoms with Crippen LogP contribution in [-0.4, -0.2) is 87.8 Å². The molecule has 0 bridgehead atoms. The molecule has 0 heterocycles. The third-order valence-corrected chi connectivity index (χ3v) is 10.1. The van der Waals surface area contributed by atoms with E-state index in [9.17, 15) is 14.4 Å². The number of rotatable bonds is 43. The Hall–Kier alpha value is -2.71. The smallest absolute Gasteiger partial charge is 0.307 e. The minimum Gasteiger partial charge on any atom is -0.466 e. The van der Waals surface area contributed by atoms with Crippen LogP contribution in [0.2, 0.25) is 0 Å². The first kappa shape index (κ1) is 55.3. The van der Waals surface area contributed by atoms with Gasteiger partial charge in [0.15, 0.2) is 0 Å². The van der Waals surface area contributed by atoms with Crippen LogP contribution in [-0.2, 0) is 28.6 Å². The van der Waals surface area contributed by atoms with Crippen molar-refractivity contribution in [1.82, 2.24) is 9.80 Å². The molecule has 58 heavy (non-hydrogen) atoms. The quantitative estimate of drug-likeness (QED) is 0.0260. The lowest BCUT2D eigenvalue weighted by Crippen LogP contribution is -2.33. The van der Waals surface area contributed by atoms with Crippen molar-refractivity contribution >= 4 is 17.9 Å². The van der Waals surface area contributed by atoms with Crippen molar-refractivity contribution in [1.29, 1.82) is 0 Å². The van der Waals surface area contributed by atoms with E-state index in [4.69, 9.17) is 14.2 Å². The van der Waals surface area contributed by atoms with Crippen molar-refractivity contribution in [2.24, 2.45) is 0 Å². The van der Waals surface area contributed by atoms with Gasteiger partial charge in [0.05, 0.1) is 26.1 Å². The number of hydrogen-bond acceptors (Lipinski definition) is 8. The van der Waals surface area contributed by atoms with Crippen LogP contribution < -0.4 is 0 Å². The molecule has 8 heteroatoms. The largest absolute Gasteiger partial charge is 0.466 e. The van der Waals surface area contributed by atoms with E-state index in [2.05, 4.69) is 62.5 Å². The van der Waals surface area contributed by atoms with Gasteiger partial charge in [-0.05, 0) is 104 Å². The van der Waals surface area contributed by atoms with Crippen LogP contribution in [0.4, 0.5) is 0 Å². The molecule has 0 unspecified atom stereocenters. The zero-order valence-electron chi connectivity index (χ0n) is 38.2. The molecular weight excluding hydrogens is 725 g/mol. The molecule has 0 saturated heterocycles. The first-order valence-corrected chi connectivity index (χ1v) is 23.8. The molecule has 0 radical (unpaired) electrons. The number of allylic oxidation sites excluding steroid dienone is 8. The summed E-state index contributed by atoms with van der Waals surface area (Å²) in [4.78, 5) is 41.3. The lowest BCUT2D eigenvalue weighted by Gasteiger charge is -2.21. The molecule has 0 aliphatic carbocycles. The summed E-state index contributed by atoms with van der Waals surface area (Å²) < 4.78 is 16.5. The minimum absolute atomic E-state index is 0.220. The summed E-state index contributed by atoms with van der Waals surface area (Å²) in [6, 6.07) is 0. The molecule has 0 saturated carbocycles. The maximum absolute atomic E-state index is 12.5. The van der Waals surface area contributed by atoms with Gasteiger partial charge in [-0.25, -0.2) is 0 Å². The zero-order chi connectivity index (χ0) is 42.4. The third-order valence-electron chi connectivity index (χ3n) is 10.1. The summed E-state index contributed by atoms with van der Waals surface area (Å²) in [6.07, 6.45) is 48.1. The molecule has 0 aliphatic heterocycles. The number of carbonyl (C=O) groups excluding carboxylic acids is 3. The summed E-state index contributed by atoms with van der Waals surface area (Å²) in [6.45, 7) is 7.77. The fourth-order valence-electron chi connectivity index (χ4n) is 6.43. The fraction of sp³-hybridized carbons (Fsp3) is 0.780. The lowest BCUT2D eigenvalue weighted by molar-refractivity contribution is -0.147. The topological polar surface area (TPSA) is 85.4 Å². The van der Waals surface area contributed by atoms with Crippen molar-refractivity contribution in [2.45, 2.75) is 194 Å². The molecule has 0 fully saturated rings. The van der Waals surface area contributed by atoms with Crippen molar-refractivity contribution in [2.75, 3.05) is 60.1 Å². The van der Waals surface area contributed by atoms with Gasteiger partial charge in [-0.15, -0.1) is 0 Å². The molecule has 0 amide bonds. The van der Waals surface area contributed by atoms with Crippen LogP contribution in [0.25, 0.3) is 0 Å². The van der Waals surface area contributed by atoms with Crippen LogP contribution in [0.15, 0.2) is 48.6 Å². The normalized spacial score (nSPS) is 12.0. The highest BCUT2D eigenvalue weighted by Gasteiger charge is 2.14. The van der Waals surface area contributed by atoms with Gasteiger partial charge in [0, 0.05) is 26.1 Å². The van der Waals surface area contributed by atoms with Gasteiger partial charge in [-0.3, -0.25) is 19.3 Å². The lowest BCUT2D eigenvalue weighted by atomic mass is 10.1. The number of carbonyl (C=O) groups is 3. The second-order valence-electron chi connectivity index (χ2n) is 16.1. The van der Waals surface area contributed by atoms with Crippen LogP contribution >= 0.6 is 0 Å². The van der Waals surface area contributed by atoms with E-state index in [1.54, 1.807) is 0 Å². The van der Waals surface area contributed by atoms with Gasteiger partial charge >= 0.3 is 17.9 Å². The molecule has 336 valence electrons. The molecule has 0 N–H and O–H groups in total. The Labute approximate surface area is 357 Å². The Kier molecular flexibility index (Phi) is 43.3. The molecule has 0 spiro atoms. The molecule has 0 atom stereocenters. The van der Waals surface area contributed by atoms with Gasteiger partial charge < -0.3 is 19.1 Å². The second-order valence-corrected chi connectivity index (χ2v) is 16.1. The van der Waals surface area contributed by atoms with Crippen LogP contribution in [0, 0.1) is 0 Å². The van der Waals surface area contributed by atoms with E-state index >= 15 is 0 Å². The summed E-state index contributed by atoms with van der Waals surface area (Å²) in [5.74, 6) is -0.677. The van der Waals surface area contributed by atoms with E-state index in [1.807, 2.05) is 23.9 Å². The average molecular weight is 815 g/mol. The van der Waals surface area contributed by atoms with Gasteiger partial charge in [-0.2, -0.15) is 0 Å².